The van der Waals surface area contributed by atoms with Crippen LogP contribution < -0.4 is 11.1 Å². The molecule has 3 N–H and O–H groups in total. The molecule has 0 aromatic rings. The first-order valence-corrected chi connectivity index (χ1v) is 6.16. The first-order chi connectivity index (χ1) is 7.54. The van der Waals surface area contributed by atoms with E-state index >= 15 is 0 Å². The molecule has 0 bridgehead atoms. The normalized spacial score (nSPS) is 29.7. The number of rotatable bonds is 5. The minimum Gasteiger partial charge on any atom is -0.379 e. The SMILES string of the molecule is CCC(CC)CNC(=O)C1(C)COCC1N. The van der Waals surface area contributed by atoms with Gasteiger partial charge in [0.1, 0.15) is 0 Å². The van der Waals surface area contributed by atoms with Gasteiger partial charge in [0, 0.05) is 12.6 Å². The van der Waals surface area contributed by atoms with Crippen molar-refractivity contribution in [2.45, 2.75) is 39.7 Å². The van der Waals surface area contributed by atoms with Crippen molar-refractivity contribution < 1.29 is 9.53 Å². The summed E-state index contributed by atoms with van der Waals surface area (Å²) in [5.74, 6) is 0.593. The van der Waals surface area contributed by atoms with Crippen LogP contribution in [0.2, 0.25) is 0 Å². The van der Waals surface area contributed by atoms with E-state index in [4.69, 9.17) is 10.5 Å². The van der Waals surface area contributed by atoms with Gasteiger partial charge in [-0.05, 0) is 12.8 Å². The lowest BCUT2D eigenvalue weighted by Crippen LogP contribution is -2.50. The number of amides is 1. The van der Waals surface area contributed by atoms with Gasteiger partial charge in [-0.1, -0.05) is 26.7 Å². The van der Waals surface area contributed by atoms with Crippen LogP contribution in [-0.2, 0) is 9.53 Å². The Hall–Kier alpha value is -0.610. The van der Waals surface area contributed by atoms with E-state index in [9.17, 15) is 4.79 Å². The number of nitrogens with one attached hydrogen (secondary N) is 1. The van der Waals surface area contributed by atoms with Crippen molar-refractivity contribution in [3.63, 3.8) is 0 Å². The molecule has 2 unspecified atom stereocenters. The predicted molar refractivity (Wildman–Crippen MR) is 64.0 cm³/mol. The van der Waals surface area contributed by atoms with Crippen molar-refractivity contribution in [3.05, 3.63) is 0 Å². The maximum absolute atomic E-state index is 12.0. The van der Waals surface area contributed by atoms with Crippen molar-refractivity contribution >= 4 is 5.91 Å². The molecule has 4 heteroatoms. The molecule has 1 saturated heterocycles. The second-order valence-corrected chi connectivity index (χ2v) is 4.93. The zero-order valence-electron chi connectivity index (χ0n) is 10.6. The lowest BCUT2D eigenvalue weighted by Gasteiger charge is -2.26. The number of hydrogen-bond acceptors (Lipinski definition) is 3. The van der Waals surface area contributed by atoms with Crippen LogP contribution in [0.4, 0.5) is 0 Å². The van der Waals surface area contributed by atoms with Gasteiger partial charge in [0.2, 0.25) is 5.91 Å². The Labute approximate surface area is 97.9 Å². The molecule has 94 valence electrons. The van der Waals surface area contributed by atoms with Gasteiger partial charge in [-0.2, -0.15) is 0 Å². The third kappa shape index (κ3) is 2.74. The first kappa shape index (κ1) is 13.5. The van der Waals surface area contributed by atoms with Crippen LogP contribution in [0.5, 0.6) is 0 Å². The highest BCUT2D eigenvalue weighted by Gasteiger charge is 2.44. The molecule has 1 aliphatic heterocycles. The molecule has 0 aliphatic carbocycles. The average Bonchev–Trinajstić information content (AvgIpc) is 2.62. The fourth-order valence-electron chi connectivity index (χ4n) is 1.94. The summed E-state index contributed by atoms with van der Waals surface area (Å²) in [6.07, 6.45) is 2.19. The monoisotopic (exact) mass is 228 g/mol. The van der Waals surface area contributed by atoms with Gasteiger partial charge >= 0.3 is 0 Å². The number of carbonyl (C=O) groups is 1. The second kappa shape index (κ2) is 5.64. The molecule has 0 aromatic carbocycles. The van der Waals surface area contributed by atoms with Crippen LogP contribution in [0.25, 0.3) is 0 Å². The summed E-state index contributed by atoms with van der Waals surface area (Å²) in [6, 6.07) is -0.186. The maximum Gasteiger partial charge on any atom is 0.229 e. The second-order valence-electron chi connectivity index (χ2n) is 4.93. The van der Waals surface area contributed by atoms with E-state index < -0.39 is 5.41 Å². The molecule has 1 fully saturated rings. The zero-order chi connectivity index (χ0) is 12.2. The summed E-state index contributed by atoms with van der Waals surface area (Å²) in [6.45, 7) is 7.83. The van der Waals surface area contributed by atoms with Crippen LogP contribution in [0.15, 0.2) is 0 Å². The predicted octanol–water partition coefficient (Wildman–Crippen LogP) is 0.903. The van der Waals surface area contributed by atoms with Crippen LogP contribution in [0.3, 0.4) is 0 Å². The molecule has 1 rings (SSSR count). The van der Waals surface area contributed by atoms with Gasteiger partial charge in [-0.25, -0.2) is 0 Å². The van der Waals surface area contributed by atoms with Gasteiger partial charge in [0.05, 0.1) is 18.6 Å². The lowest BCUT2D eigenvalue weighted by molar-refractivity contribution is -0.130. The number of nitrogens with two attached hydrogens (primary N) is 1. The van der Waals surface area contributed by atoms with Crippen molar-refractivity contribution in [2.24, 2.45) is 17.1 Å². The number of hydrogen-bond donors (Lipinski definition) is 2. The summed E-state index contributed by atoms with van der Waals surface area (Å²) >= 11 is 0. The molecule has 0 radical (unpaired) electrons. The van der Waals surface area contributed by atoms with E-state index in [0.717, 1.165) is 19.4 Å². The average molecular weight is 228 g/mol. The first-order valence-electron chi connectivity index (χ1n) is 6.16. The number of ether oxygens (including phenoxy) is 1. The summed E-state index contributed by atoms with van der Waals surface area (Å²) in [5, 5.41) is 3.00. The number of carbonyl (C=O) groups excluding carboxylic acids is 1. The topological polar surface area (TPSA) is 64.3 Å². The Morgan fingerprint density at radius 2 is 2.19 bits per heavy atom. The van der Waals surface area contributed by atoms with E-state index in [0.29, 0.717) is 19.1 Å². The Morgan fingerprint density at radius 1 is 1.56 bits per heavy atom. The largest absolute Gasteiger partial charge is 0.379 e. The van der Waals surface area contributed by atoms with Gasteiger partial charge in [0.15, 0.2) is 0 Å². The van der Waals surface area contributed by atoms with Crippen molar-refractivity contribution in [1.29, 1.82) is 0 Å². The van der Waals surface area contributed by atoms with Crippen molar-refractivity contribution in [2.75, 3.05) is 19.8 Å². The molecule has 0 saturated carbocycles. The highest BCUT2D eigenvalue weighted by atomic mass is 16.5. The van der Waals surface area contributed by atoms with Gasteiger partial charge in [0.25, 0.3) is 0 Å². The van der Waals surface area contributed by atoms with Crippen LogP contribution >= 0.6 is 0 Å². The molecule has 1 heterocycles. The Kier molecular flexibility index (Phi) is 4.74. The van der Waals surface area contributed by atoms with E-state index in [2.05, 4.69) is 19.2 Å². The molecular weight excluding hydrogens is 204 g/mol. The highest BCUT2D eigenvalue weighted by molar-refractivity contribution is 5.83. The Morgan fingerprint density at radius 3 is 2.62 bits per heavy atom. The van der Waals surface area contributed by atoms with Crippen molar-refractivity contribution in [3.8, 4) is 0 Å². The van der Waals surface area contributed by atoms with E-state index in [1.165, 1.54) is 0 Å². The van der Waals surface area contributed by atoms with Gasteiger partial charge < -0.3 is 15.8 Å². The quantitative estimate of drug-likeness (QED) is 0.735. The van der Waals surface area contributed by atoms with Gasteiger partial charge in [-0.15, -0.1) is 0 Å². The minimum absolute atomic E-state index is 0.0319. The fraction of sp³-hybridized carbons (Fsp3) is 0.917. The third-order valence-electron chi connectivity index (χ3n) is 3.74. The minimum atomic E-state index is -0.550. The van der Waals surface area contributed by atoms with Crippen LogP contribution in [0.1, 0.15) is 33.6 Å². The standard InChI is InChI=1S/C12H24N2O2/c1-4-9(5-2)6-14-11(15)12(3)8-16-7-10(12)13/h9-10H,4-8,13H2,1-3H3,(H,14,15). The summed E-state index contributed by atoms with van der Waals surface area (Å²) < 4.78 is 5.27. The highest BCUT2D eigenvalue weighted by Crippen LogP contribution is 2.27. The molecule has 2 atom stereocenters. The van der Waals surface area contributed by atoms with Crippen molar-refractivity contribution in [1.82, 2.24) is 5.32 Å². The van der Waals surface area contributed by atoms with E-state index in [-0.39, 0.29) is 11.9 Å². The third-order valence-corrected chi connectivity index (χ3v) is 3.74. The summed E-state index contributed by atoms with van der Waals surface area (Å²) in [5.41, 5.74) is 5.35. The van der Waals surface area contributed by atoms with E-state index in [1.54, 1.807) is 0 Å². The molecular formula is C12H24N2O2. The Bertz CT molecular complexity index is 241. The molecule has 4 nitrogen and oxygen atoms in total. The molecule has 16 heavy (non-hydrogen) atoms. The smallest absolute Gasteiger partial charge is 0.229 e. The maximum atomic E-state index is 12.0. The molecule has 0 aromatic heterocycles. The molecule has 1 amide bonds. The summed E-state index contributed by atoms with van der Waals surface area (Å²) in [7, 11) is 0. The van der Waals surface area contributed by atoms with Crippen LogP contribution in [0, 0.1) is 11.3 Å². The summed E-state index contributed by atoms with van der Waals surface area (Å²) in [4.78, 5) is 12.0. The zero-order valence-corrected chi connectivity index (χ0v) is 10.6. The fourth-order valence-corrected chi connectivity index (χ4v) is 1.94. The van der Waals surface area contributed by atoms with Gasteiger partial charge in [-0.3, -0.25) is 4.79 Å². The van der Waals surface area contributed by atoms with E-state index in [1.807, 2.05) is 6.92 Å². The Balaban J connectivity index is 2.45. The lowest BCUT2D eigenvalue weighted by atomic mass is 9.84. The van der Waals surface area contributed by atoms with Crippen LogP contribution in [-0.4, -0.2) is 31.7 Å². The molecule has 1 aliphatic rings. The molecule has 0 spiro atoms.